The molecular weight excluding hydrogens is 382 g/mol. The summed E-state index contributed by atoms with van der Waals surface area (Å²) in [4.78, 5) is 25.8. The summed E-state index contributed by atoms with van der Waals surface area (Å²) in [7, 11) is 0. The molecule has 1 aromatic carbocycles. The van der Waals surface area contributed by atoms with Crippen LogP contribution in [0, 0.1) is 10.1 Å². The summed E-state index contributed by atoms with van der Waals surface area (Å²) in [6.45, 7) is 3.52. The number of para-hydroxylation sites is 2. The van der Waals surface area contributed by atoms with E-state index in [4.69, 9.17) is 0 Å². The number of hydrogen-bond donors (Lipinski definition) is 1. The molecule has 2 rings (SSSR count). The molecule has 6 nitrogen and oxygen atoms in total. The van der Waals surface area contributed by atoms with Gasteiger partial charge in [-0.2, -0.15) is 0 Å². The molecule has 0 unspecified atom stereocenters. The number of thiophene rings is 1. The largest absolute Gasteiger partial charge is 0.319 e. The molecule has 1 aromatic heterocycles. The molecule has 0 radical (unpaired) electrons. The van der Waals surface area contributed by atoms with E-state index in [0.29, 0.717) is 13.1 Å². The highest BCUT2D eigenvalue weighted by Gasteiger charge is 2.16. The van der Waals surface area contributed by atoms with E-state index in [1.165, 1.54) is 12.1 Å². The lowest BCUT2D eigenvalue weighted by molar-refractivity contribution is -0.383. The molecule has 0 aliphatic carbocycles. The molecule has 1 heterocycles. The topological polar surface area (TPSA) is 75.5 Å². The van der Waals surface area contributed by atoms with Crippen molar-refractivity contribution in [2.24, 2.45) is 0 Å². The number of likely N-dealkylation sites (N-methyl/N-ethyl adjacent to an activating group) is 1. The summed E-state index contributed by atoms with van der Waals surface area (Å²) in [6.07, 6.45) is 0. The number of benzene rings is 1. The Morgan fingerprint density at radius 2 is 2.09 bits per heavy atom. The number of nitrogens with zero attached hydrogens (tertiary/aromatic N) is 2. The number of nitro groups is 1. The molecule has 0 bridgehead atoms. The third kappa shape index (κ3) is 5.12. The molecule has 0 saturated heterocycles. The van der Waals surface area contributed by atoms with Crippen molar-refractivity contribution in [1.82, 2.24) is 4.90 Å². The molecular formula is C15H16BrN3O3S. The van der Waals surface area contributed by atoms with Gasteiger partial charge in [-0.05, 0) is 40.7 Å². The van der Waals surface area contributed by atoms with Crippen molar-refractivity contribution < 1.29 is 9.72 Å². The summed E-state index contributed by atoms with van der Waals surface area (Å²) in [5.74, 6) is -0.267. The summed E-state index contributed by atoms with van der Waals surface area (Å²) < 4.78 is 1.05. The SMILES string of the molecule is CCN(CC(=O)Nc1ccccc1[N+](=O)[O-])Cc1ccc(Br)s1. The Labute approximate surface area is 146 Å². The Morgan fingerprint density at radius 1 is 1.35 bits per heavy atom. The average Bonchev–Trinajstić information content (AvgIpc) is 2.92. The predicted octanol–water partition coefficient (Wildman–Crippen LogP) is 3.88. The van der Waals surface area contributed by atoms with E-state index in [1.54, 1.807) is 23.5 Å². The van der Waals surface area contributed by atoms with E-state index in [-0.39, 0.29) is 23.8 Å². The van der Waals surface area contributed by atoms with Gasteiger partial charge in [0, 0.05) is 17.5 Å². The maximum absolute atomic E-state index is 12.2. The van der Waals surface area contributed by atoms with Crippen molar-refractivity contribution in [3.63, 3.8) is 0 Å². The monoisotopic (exact) mass is 397 g/mol. The number of rotatable bonds is 7. The third-order valence-corrected chi connectivity index (χ3v) is 4.81. The van der Waals surface area contributed by atoms with Gasteiger partial charge in [0.15, 0.2) is 0 Å². The molecule has 0 aliphatic heterocycles. The van der Waals surface area contributed by atoms with E-state index in [2.05, 4.69) is 21.2 Å². The molecule has 1 amide bonds. The van der Waals surface area contributed by atoms with Crippen molar-refractivity contribution in [3.05, 3.63) is 55.2 Å². The number of anilines is 1. The molecule has 23 heavy (non-hydrogen) atoms. The fraction of sp³-hybridized carbons (Fsp3) is 0.267. The minimum absolute atomic E-state index is 0.105. The third-order valence-electron chi connectivity index (χ3n) is 3.20. The molecule has 1 N–H and O–H groups in total. The highest BCUT2D eigenvalue weighted by molar-refractivity contribution is 9.11. The minimum atomic E-state index is -0.504. The van der Waals surface area contributed by atoms with E-state index in [9.17, 15) is 14.9 Å². The average molecular weight is 398 g/mol. The second-order valence-electron chi connectivity index (χ2n) is 4.83. The van der Waals surface area contributed by atoms with Crippen LogP contribution in [0.25, 0.3) is 0 Å². The first-order chi connectivity index (χ1) is 11.0. The summed E-state index contributed by atoms with van der Waals surface area (Å²) in [5.41, 5.74) is 0.114. The van der Waals surface area contributed by atoms with Gasteiger partial charge >= 0.3 is 0 Å². The lowest BCUT2D eigenvalue weighted by Gasteiger charge is -2.19. The number of amides is 1. The van der Waals surface area contributed by atoms with Gasteiger partial charge in [0.25, 0.3) is 5.69 Å². The van der Waals surface area contributed by atoms with Crippen LogP contribution in [0.1, 0.15) is 11.8 Å². The fourth-order valence-corrected chi connectivity index (χ4v) is 3.59. The predicted molar refractivity (Wildman–Crippen MR) is 94.7 cm³/mol. The fourth-order valence-electron chi connectivity index (χ4n) is 2.07. The van der Waals surface area contributed by atoms with Crippen LogP contribution in [0.2, 0.25) is 0 Å². The van der Waals surface area contributed by atoms with Gasteiger partial charge in [-0.1, -0.05) is 19.1 Å². The summed E-state index contributed by atoms with van der Waals surface area (Å²) in [6, 6.07) is 10.1. The van der Waals surface area contributed by atoms with Crippen LogP contribution in [0.5, 0.6) is 0 Å². The number of nitro benzene ring substituents is 1. The number of carbonyl (C=O) groups is 1. The lowest BCUT2D eigenvalue weighted by Crippen LogP contribution is -2.32. The number of hydrogen-bond acceptors (Lipinski definition) is 5. The Balaban J connectivity index is 1.99. The summed E-state index contributed by atoms with van der Waals surface area (Å²) in [5, 5.41) is 13.6. The van der Waals surface area contributed by atoms with Crippen LogP contribution in [0.15, 0.2) is 40.2 Å². The molecule has 122 valence electrons. The first-order valence-electron chi connectivity index (χ1n) is 6.99. The molecule has 0 saturated carbocycles. The van der Waals surface area contributed by atoms with Gasteiger partial charge in [0.2, 0.25) is 5.91 Å². The minimum Gasteiger partial charge on any atom is -0.319 e. The maximum atomic E-state index is 12.2. The second kappa shape index (κ2) is 8.19. The van der Waals surface area contributed by atoms with Gasteiger partial charge in [0.1, 0.15) is 5.69 Å². The first kappa shape index (κ1) is 17.6. The van der Waals surface area contributed by atoms with Crippen LogP contribution >= 0.6 is 27.3 Å². The van der Waals surface area contributed by atoms with Crippen LogP contribution in [0.3, 0.4) is 0 Å². The zero-order valence-electron chi connectivity index (χ0n) is 12.5. The quantitative estimate of drug-likeness (QED) is 0.567. The number of halogens is 1. The zero-order chi connectivity index (χ0) is 16.8. The van der Waals surface area contributed by atoms with Gasteiger partial charge in [0.05, 0.1) is 15.3 Å². The number of carbonyl (C=O) groups excluding carboxylic acids is 1. The Hall–Kier alpha value is -1.77. The standard InChI is InChI=1S/C15H16BrN3O3S/c1-2-18(9-11-7-8-14(16)23-11)10-15(20)17-12-5-3-4-6-13(12)19(21)22/h3-8H,2,9-10H2,1H3,(H,17,20). The molecule has 2 aromatic rings. The van der Waals surface area contributed by atoms with Crippen molar-refractivity contribution in [2.75, 3.05) is 18.4 Å². The van der Waals surface area contributed by atoms with Gasteiger partial charge < -0.3 is 5.32 Å². The van der Waals surface area contributed by atoms with Crippen molar-refractivity contribution in [1.29, 1.82) is 0 Å². The van der Waals surface area contributed by atoms with Gasteiger partial charge in [-0.25, -0.2) is 0 Å². The zero-order valence-corrected chi connectivity index (χ0v) is 14.9. The van der Waals surface area contributed by atoms with Crippen molar-refractivity contribution in [2.45, 2.75) is 13.5 Å². The van der Waals surface area contributed by atoms with Crippen LogP contribution < -0.4 is 5.32 Å². The molecule has 0 fully saturated rings. The van der Waals surface area contributed by atoms with Crippen molar-refractivity contribution >= 4 is 44.5 Å². The van der Waals surface area contributed by atoms with Gasteiger partial charge in [-0.15, -0.1) is 11.3 Å². The second-order valence-corrected chi connectivity index (χ2v) is 7.38. The first-order valence-corrected chi connectivity index (χ1v) is 8.60. The summed E-state index contributed by atoms with van der Waals surface area (Å²) >= 11 is 5.04. The Morgan fingerprint density at radius 3 is 2.70 bits per heavy atom. The normalized spacial score (nSPS) is 10.7. The van der Waals surface area contributed by atoms with E-state index < -0.39 is 4.92 Å². The van der Waals surface area contributed by atoms with Crippen LogP contribution in [0.4, 0.5) is 11.4 Å². The molecule has 0 spiro atoms. The smallest absolute Gasteiger partial charge is 0.292 e. The highest BCUT2D eigenvalue weighted by atomic mass is 79.9. The van der Waals surface area contributed by atoms with Crippen molar-refractivity contribution in [3.8, 4) is 0 Å². The van der Waals surface area contributed by atoms with E-state index >= 15 is 0 Å². The molecule has 0 atom stereocenters. The van der Waals surface area contributed by atoms with E-state index in [0.717, 1.165) is 8.66 Å². The number of nitrogens with one attached hydrogen (secondary N) is 1. The highest BCUT2D eigenvalue weighted by Crippen LogP contribution is 2.24. The Bertz CT molecular complexity index is 705. The maximum Gasteiger partial charge on any atom is 0.292 e. The van der Waals surface area contributed by atoms with Crippen LogP contribution in [-0.2, 0) is 11.3 Å². The van der Waals surface area contributed by atoms with Gasteiger partial charge in [-0.3, -0.25) is 19.8 Å². The lowest BCUT2D eigenvalue weighted by atomic mass is 10.2. The molecule has 0 aliphatic rings. The van der Waals surface area contributed by atoms with Crippen LogP contribution in [-0.4, -0.2) is 28.8 Å². The molecule has 8 heteroatoms. The van der Waals surface area contributed by atoms with E-state index in [1.807, 2.05) is 24.0 Å². The Kier molecular flexibility index (Phi) is 6.26.